The molecule has 15 nitrogen and oxygen atoms in total. The van der Waals surface area contributed by atoms with Crippen molar-refractivity contribution in [3.63, 3.8) is 0 Å². The molecule has 2 amide bonds. The van der Waals surface area contributed by atoms with E-state index in [4.69, 9.17) is 33.2 Å². The lowest BCUT2D eigenvalue weighted by Gasteiger charge is -2.49. The van der Waals surface area contributed by atoms with Crippen LogP contribution in [0.15, 0.2) is 60.5 Å². The number of carbonyl (C=O) groups excluding carboxylic acids is 3. The summed E-state index contributed by atoms with van der Waals surface area (Å²) in [6, 6.07) is 6.96. The van der Waals surface area contributed by atoms with E-state index in [1.807, 2.05) is 84.0 Å². The van der Waals surface area contributed by atoms with E-state index in [1.165, 1.54) is 0 Å². The van der Waals surface area contributed by atoms with Gasteiger partial charge in [-0.1, -0.05) is 45.9 Å². The number of aromatic nitrogens is 1. The third-order valence-corrected chi connectivity index (χ3v) is 14.6. The summed E-state index contributed by atoms with van der Waals surface area (Å²) in [7, 11) is 3.84. The van der Waals surface area contributed by atoms with Crippen molar-refractivity contribution in [3.8, 4) is 10.4 Å². The van der Waals surface area contributed by atoms with E-state index in [-0.39, 0.29) is 44.4 Å². The Morgan fingerprint density at radius 2 is 1.89 bits per heavy atom. The monoisotopic (exact) mass is 896 g/mol. The smallest absolute Gasteiger partial charge is 0.408 e. The molecule has 0 aromatic carbocycles. The molecule has 4 aliphatic rings. The summed E-state index contributed by atoms with van der Waals surface area (Å²) in [6.45, 7) is 20.2. The number of thiophene rings is 1. The minimum atomic E-state index is -1.26. The van der Waals surface area contributed by atoms with Gasteiger partial charge in [-0.15, -0.1) is 11.3 Å². The molecule has 63 heavy (non-hydrogen) atoms. The Balaban J connectivity index is 1.35. The van der Waals surface area contributed by atoms with Gasteiger partial charge >= 0.3 is 18.2 Å². The number of hydrogen-bond acceptors (Lipinski definition) is 14. The van der Waals surface area contributed by atoms with E-state index < -0.39 is 83.9 Å². The van der Waals surface area contributed by atoms with Crippen LogP contribution in [-0.4, -0.2) is 127 Å². The van der Waals surface area contributed by atoms with E-state index in [9.17, 15) is 19.5 Å². The topological polar surface area (TPSA) is 176 Å². The summed E-state index contributed by atoms with van der Waals surface area (Å²) in [4.78, 5) is 48.9. The van der Waals surface area contributed by atoms with Crippen LogP contribution in [0.1, 0.15) is 79.5 Å². The van der Waals surface area contributed by atoms with Gasteiger partial charge in [0.25, 0.3) is 0 Å². The fourth-order valence-electron chi connectivity index (χ4n) is 10.1. The number of carbonyl (C=O) groups is 3. The number of hydrogen-bond donors (Lipinski definition) is 3. The second-order valence-electron chi connectivity index (χ2n) is 18.5. The van der Waals surface area contributed by atoms with Gasteiger partial charge < -0.3 is 53.8 Å². The van der Waals surface area contributed by atoms with Crippen molar-refractivity contribution < 1.29 is 52.6 Å². The highest BCUT2D eigenvalue weighted by Crippen LogP contribution is 2.44. The number of alkyl carbamates (subject to hydrolysis) is 2. The van der Waals surface area contributed by atoms with Crippen molar-refractivity contribution in [1.82, 2.24) is 20.5 Å². The molecule has 348 valence electrons. The Morgan fingerprint density at radius 3 is 2.59 bits per heavy atom. The SMILES string of the molecule is C=C1COC2[C@@H](C)C(=O)O[C@H](CC)[C@@]3(C)OC(=O)NC3[C@@H](C)/C(=C/COC(=O)NCc3ccc(-c4cccnc4)s3)[C@H](C)C[C@@](C)(OC1)[C@H](OC1O[C@H](C)C[C@H](N(C)C)[C@H]1O)[C@H]2C. The molecule has 4 saturated heterocycles. The number of rotatable bonds is 9. The lowest BCUT2D eigenvalue weighted by molar-refractivity contribution is -0.302. The van der Waals surface area contributed by atoms with Gasteiger partial charge in [0, 0.05) is 45.6 Å². The standard InChI is InChI=1S/C47H68N4O11S/c1-12-37-47(9)40(50-45(55)62-47)29(5)34(17-19-56-44(54)49-23-33-15-16-36(63-33)32-14-13-18-48-22-32)27(3)21-46(8)41(61-43-38(52)35(51(10)11)20-28(4)59-43)30(6)39(31(7)42(53)60-37)57-24-26(2)25-58-46/h13-18,22,27-31,35,37-41,43,52H,2,12,19-21,23-25H2,1,3-11H3,(H,49,54)(H,50,55)/b34-17+/t27-,28-,29+,30+,31-,35+,37-,38-,39?,40?,41-,43?,46-,47-/m1/s1. The first kappa shape index (κ1) is 48.6. The fourth-order valence-corrected chi connectivity index (χ4v) is 11.0. The molecule has 0 radical (unpaired) electrons. The Bertz CT molecular complexity index is 1950. The average molecular weight is 897 g/mol. The van der Waals surface area contributed by atoms with Crippen LogP contribution in [0.3, 0.4) is 0 Å². The molecule has 4 aliphatic heterocycles. The van der Waals surface area contributed by atoms with E-state index in [0.717, 1.165) is 20.9 Å². The summed E-state index contributed by atoms with van der Waals surface area (Å²) in [6.07, 6.45) is 0.945. The van der Waals surface area contributed by atoms with Crippen LogP contribution in [0.25, 0.3) is 10.4 Å². The van der Waals surface area contributed by atoms with Crippen LogP contribution in [0.5, 0.6) is 0 Å². The molecule has 6 rings (SSSR count). The molecule has 4 fully saturated rings. The number of esters is 1. The predicted molar refractivity (Wildman–Crippen MR) is 238 cm³/mol. The van der Waals surface area contributed by atoms with Gasteiger partial charge in [0.1, 0.15) is 18.8 Å². The molecule has 2 bridgehead atoms. The highest BCUT2D eigenvalue weighted by Gasteiger charge is 2.57. The maximum atomic E-state index is 14.4. The minimum absolute atomic E-state index is 0.0737. The zero-order valence-electron chi connectivity index (χ0n) is 38.5. The van der Waals surface area contributed by atoms with Crippen molar-refractivity contribution in [2.24, 2.45) is 23.7 Å². The zero-order valence-corrected chi connectivity index (χ0v) is 39.3. The molecular formula is C47H68N4O11S. The van der Waals surface area contributed by atoms with Gasteiger partial charge in [-0.2, -0.15) is 0 Å². The predicted octanol–water partition coefficient (Wildman–Crippen LogP) is 6.64. The second-order valence-corrected chi connectivity index (χ2v) is 19.7. The van der Waals surface area contributed by atoms with Gasteiger partial charge in [0.05, 0.1) is 55.6 Å². The summed E-state index contributed by atoms with van der Waals surface area (Å²) < 4.78 is 45.0. The van der Waals surface area contributed by atoms with Gasteiger partial charge in [-0.25, -0.2) is 9.59 Å². The van der Waals surface area contributed by atoms with Gasteiger partial charge in [-0.3, -0.25) is 9.78 Å². The summed E-state index contributed by atoms with van der Waals surface area (Å²) in [5.74, 6) is -2.53. The highest BCUT2D eigenvalue weighted by molar-refractivity contribution is 7.15. The normalized spacial score (nSPS) is 37.5. The number of aliphatic hydroxyl groups is 1. The molecular weight excluding hydrogens is 829 g/mol. The Kier molecular flexibility index (Phi) is 15.8. The van der Waals surface area contributed by atoms with Gasteiger partial charge in [0.15, 0.2) is 11.9 Å². The number of aliphatic hydroxyl groups excluding tert-OH is 1. The molecule has 16 heteroatoms. The lowest BCUT2D eigenvalue weighted by atomic mass is 9.71. The molecule has 3 unspecified atom stereocenters. The first-order valence-corrected chi connectivity index (χ1v) is 23.0. The number of nitrogens with one attached hydrogen (secondary N) is 2. The Hall–Kier alpha value is -3.90. The molecule has 0 saturated carbocycles. The molecule has 0 spiro atoms. The molecule has 14 atom stereocenters. The number of ether oxygens (including phenoxy) is 7. The number of cyclic esters (lactones) is 1. The Labute approximate surface area is 376 Å². The van der Waals surface area contributed by atoms with E-state index in [1.54, 1.807) is 37.6 Å². The molecule has 2 aromatic rings. The number of amides is 2. The number of pyridine rings is 1. The summed E-state index contributed by atoms with van der Waals surface area (Å²) >= 11 is 1.56. The second kappa shape index (κ2) is 20.5. The van der Waals surface area contributed by atoms with Crippen molar-refractivity contribution in [3.05, 3.63) is 65.3 Å². The van der Waals surface area contributed by atoms with Gasteiger partial charge in [0.2, 0.25) is 0 Å². The van der Waals surface area contributed by atoms with E-state index >= 15 is 0 Å². The average Bonchev–Trinajstić information content (AvgIpc) is 3.86. The van der Waals surface area contributed by atoms with Crippen molar-refractivity contribution >= 4 is 29.5 Å². The van der Waals surface area contributed by atoms with Crippen LogP contribution in [0.4, 0.5) is 9.59 Å². The number of fused-ring (bicyclic) bond motifs is 4. The quantitative estimate of drug-likeness (QED) is 0.139. The van der Waals surface area contributed by atoms with Crippen LogP contribution in [-0.2, 0) is 44.5 Å². The molecule has 3 N–H and O–H groups in total. The van der Waals surface area contributed by atoms with Crippen LogP contribution >= 0.6 is 11.3 Å². The third kappa shape index (κ3) is 11.0. The molecule has 2 aromatic heterocycles. The number of likely N-dealkylation sites (N-methyl/N-ethyl adjacent to an activating group) is 1. The van der Waals surface area contributed by atoms with Crippen molar-refractivity contribution in [1.29, 1.82) is 0 Å². The first-order chi connectivity index (χ1) is 29.8. The Morgan fingerprint density at radius 1 is 1.13 bits per heavy atom. The van der Waals surface area contributed by atoms with E-state index in [0.29, 0.717) is 24.8 Å². The molecule has 6 heterocycles. The number of nitrogens with zero attached hydrogens (tertiary/aromatic N) is 2. The maximum Gasteiger partial charge on any atom is 0.408 e. The first-order valence-electron chi connectivity index (χ1n) is 22.2. The van der Waals surface area contributed by atoms with E-state index in [2.05, 4.69) is 29.1 Å². The van der Waals surface area contributed by atoms with Crippen LogP contribution < -0.4 is 10.6 Å². The zero-order chi connectivity index (χ0) is 45.8. The van der Waals surface area contributed by atoms with Crippen LogP contribution in [0, 0.1) is 23.7 Å². The van der Waals surface area contributed by atoms with Crippen LogP contribution in [0.2, 0.25) is 0 Å². The minimum Gasteiger partial charge on any atom is -0.458 e. The third-order valence-electron chi connectivity index (χ3n) is 13.4. The van der Waals surface area contributed by atoms with Crippen molar-refractivity contribution in [2.45, 2.75) is 141 Å². The summed E-state index contributed by atoms with van der Waals surface area (Å²) in [5, 5.41) is 17.6. The largest absolute Gasteiger partial charge is 0.458 e. The summed E-state index contributed by atoms with van der Waals surface area (Å²) in [5.41, 5.74) is 0.167. The van der Waals surface area contributed by atoms with Crippen molar-refractivity contribution in [2.75, 3.05) is 33.9 Å². The lowest BCUT2D eigenvalue weighted by Crippen LogP contribution is -2.60. The van der Waals surface area contributed by atoms with Gasteiger partial charge in [-0.05, 0) is 96.8 Å². The maximum absolute atomic E-state index is 14.4. The molecule has 0 aliphatic carbocycles. The highest BCUT2D eigenvalue weighted by atomic mass is 32.1. The fraction of sp³-hybridized carbons (Fsp3) is 0.660.